The molecular formula is C10H7ClF2N2O2. The number of alkyl halides is 3. The normalized spacial score (nSPS) is 10.3. The van der Waals surface area contributed by atoms with Crippen LogP contribution in [0, 0.1) is 11.3 Å². The summed E-state index contributed by atoms with van der Waals surface area (Å²) in [6, 6.07) is 2.77. The molecule has 4 nitrogen and oxygen atoms in total. The lowest BCUT2D eigenvalue weighted by Gasteiger charge is -2.10. The van der Waals surface area contributed by atoms with Crippen molar-refractivity contribution in [1.82, 2.24) is 4.98 Å². The van der Waals surface area contributed by atoms with Crippen molar-refractivity contribution in [3.8, 4) is 6.07 Å². The van der Waals surface area contributed by atoms with Crippen LogP contribution in [0.15, 0.2) is 6.07 Å². The van der Waals surface area contributed by atoms with Gasteiger partial charge >= 0.3 is 5.97 Å². The maximum Gasteiger partial charge on any atom is 0.307 e. The van der Waals surface area contributed by atoms with Crippen molar-refractivity contribution >= 4 is 17.6 Å². The summed E-state index contributed by atoms with van der Waals surface area (Å²) in [5.41, 5.74) is -0.807. The molecule has 1 heterocycles. The predicted octanol–water partition coefficient (Wildman–Crippen LogP) is 2.26. The standard InChI is InChI=1S/C10H7ClF2N2O2/c11-3-7-5(2-8(16)17)1-6(4-14)15-9(7)10(12)13/h1,10H,2-3H2,(H,16,17). The van der Waals surface area contributed by atoms with E-state index in [4.69, 9.17) is 22.0 Å². The second-order valence-corrected chi connectivity index (χ2v) is 3.41. The number of aliphatic carboxylic acids is 1. The molecule has 1 rings (SSSR count). The van der Waals surface area contributed by atoms with Gasteiger partial charge < -0.3 is 5.11 Å². The van der Waals surface area contributed by atoms with Crippen LogP contribution in [0.2, 0.25) is 0 Å². The van der Waals surface area contributed by atoms with Crippen molar-refractivity contribution in [3.63, 3.8) is 0 Å². The molecule has 1 N–H and O–H groups in total. The van der Waals surface area contributed by atoms with E-state index in [9.17, 15) is 13.6 Å². The molecule has 0 saturated heterocycles. The first-order valence-corrected chi connectivity index (χ1v) is 5.01. The van der Waals surface area contributed by atoms with Crippen molar-refractivity contribution in [2.45, 2.75) is 18.7 Å². The van der Waals surface area contributed by atoms with Crippen molar-refractivity contribution in [1.29, 1.82) is 5.26 Å². The van der Waals surface area contributed by atoms with Crippen LogP contribution in [0.25, 0.3) is 0 Å². The third kappa shape index (κ3) is 3.11. The van der Waals surface area contributed by atoms with Gasteiger partial charge in [-0.05, 0) is 17.2 Å². The molecule has 17 heavy (non-hydrogen) atoms. The third-order valence-electron chi connectivity index (χ3n) is 2.05. The van der Waals surface area contributed by atoms with E-state index in [-0.39, 0.29) is 22.7 Å². The van der Waals surface area contributed by atoms with E-state index in [1.807, 2.05) is 0 Å². The summed E-state index contributed by atoms with van der Waals surface area (Å²) in [6.07, 6.45) is -3.37. The summed E-state index contributed by atoms with van der Waals surface area (Å²) < 4.78 is 25.3. The largest absolute Gasteiger partial charge is 0.481 e. The number of carboxylic acid groups (broad SMARTS) is 1. The molecule has 0 fully saturated rings. The van der Waals surface area contributed by atoms with Gasteiger partial charge in [0.05, 0.1) is 6.42 Å². The summed E-state index contributed by atoms with van der Waals surface area (Å²) in [4.78, 5) is 14.0. The van der Waals surface area contributed by atoms with E-state index < -0.39 is 24.5 Å². The zero-order chi connectivity index (χ0) is 13.0. The fourth-order valence-electron chi connectivity index (χ4n) is 1.36. The maximum atomic E-state index is 12.7. The maximum absolute atomic E-state index is 12.7. The Balaban J connectivity index is 3.40. The monoisotopic (exact) mass is 260 g/mol. The first kappa shape index (κ1) is 13.3. The van der Waals surface area contributed by atoms with Gasteiger partial charge in [-0.3, -0.25) is 4.79 Å². The molecule has 1 aromatic heterocycles. The van der Waals surface area contributed by atoms with E-state index in [2.05, 4.69) is 4.98 Å². The molecule has 0 unspecified atom stereocenters. The van der Waals surface area contributed by atoms with Crippen LogP contribution in [0.4, 0.5) is 8.78 Å². The minimum Gasteiger partial charge on any atom is -0.481 e. The van der Waals surface area contributed by atoms with Crippen LogP contribution in [0.1, 0.15) is 28.9 Å². The summed E-state index contributed by atoms with van der Waals surface area (Å²) >= 11 is 5.51. The number of halogens is 3. The van der Waals surface area contributed by atoms with E-state index in [0.29, 0.717) is 0 Å². The molecular weight excluding hydrogens is 254 g/mol. The molecule has 0 bridgehead atoms. The van der Waals surface area contributed by atoms with Crippen molar-refractivity contribution in [2.75, 3.05) is 0 Å². The Morgan fingerprint density at radius 1 is 1.65 bits per heavy atom. The van der Waals surface area contributed by atoms with E-state index >= 15 is 0 Å². The third-order valence-corrected chi connectivity index (χ3v) is 2.31. The molecule has 0 aliphatic heterocycles. The number of pyridine rings is 1. The zero-order valence-electron chi connectivity index (χ0n) is 8.45. The number of nitrogens with zero attached hydrogens (tertiary/aromatic N) is 2. The lowest BCUT2D eigenvalue weighted by Crippen LogP contribution is -2.09. The number of carbonyl (C=O) groups is 1. The zero-order valence-corrected chi connectivity index (χ0v) is 9.21. The van der Waals surface area contributed by atoms with Crippen molar-refractivity contribution in [3.05, 3.63) is 28.6 Å². The molecule has 0 atom stereocenters. The predicted molar refractivity (Wildman–Crippen MR) is 54.8 cm³/mol. The number of rotatable bonds is 4. The highest BCUT2D eigenvalue weighted by Gasteiger charge is 2.20. The number of carboxylic acids is 1. The van der Waals surface area contributed by atoms with Gasteiger partial charge in [0.15, 0.2) is 0 Å². The van der Waals surface area contributed by atoms with Gasteiger partial charge in [0.1, 0.15) is 17.5 Å². The summed E-state index contributed by atoms with van der Waals surface area (Å²) in [5, 5.41) is 17.3. The Morgan fingerprint density at radius 3 is 2.71 bits per heavy atom. The molecule has 7 heteroatoms. The molecule has 90 valence electrons. The molecule has 0 spiro atoms. The fraction of sp³-hybridized carbons (Fsp3) is 0.300. The lowest BCUT2D eigenvalue weighted by molar-refractivity contribution is -0.136. The van der Waals surface area contributed by atoms with Crippen molar-refractivity contribution < 1.29 is 18.7 Å². The second kappa shape index (κ2) is 5.55. The highest BCUT2D eigenvalue weighted by Crippen LogP contribution is 2.26. The Bertz CT molecular complexity index is 486. The Kier molecular flexibility index (Phi) is 4.35. The molecule has 0 radical (unpaired) electrons. The van der Waals surface area contributed by atoms with Gasteiger partial charge in [0.2, 0.25) is 0 Å². The van der Waals surface area contributed by atoms with Gasteiger partial charge in [-0.25, -0.2) is 13.8 Å². The average Bonchev–Trinajstić information content (AvgIpc) is 2.26. The van der Waals surface area contributed by atoms with Gasteiger partial charge in [0, 0.05) is 5.88 Å². The Morgan fingerprint density at radius 2 is 2.29 bits per heavy atom. The first-order chi connectivity index (χ1) is 7.99. The molecule has 0 amide bonds. The van der Waals surface area contributed by atoms with Gasteiger partial charge in [-0.15, -0.1) is 11.6 Å². The van der Waals surface area contributed by atoms with Crippen LogP contribution in [0.5, 0.6) is 0 Å². The SMILES string of the molecule is N#Cc1cc(CC(=O)O)c(CCl)c(C(F)F)n1. The molecule has 0 aliphatic carbocycles. The Labute approximate surface area is 100 Å². The van der Waals surface area contributed by atoms with Crippen LogP contribution >= 0.6 is 11.6 Å². The van der Waals surface area contributed by atoms with E-state index in [0.717, 1.165) is 6.07 Å². The highest BCUT2D eigenvalue weighted by atomic mass is 35.5. The first-order valence-electron chi connectivity index (χ1n) is 4.48. The van der Waals surface area contributed by atoms with Crippen LogP contribution < -0.4 is 0 Å². The molecule has 1 aromatic rings. The lowest BCUT2D eigenvalue weighted by atomic mass is 10.0. The van der Waals surface area contributed by atoms with Crippen LogP contribution in [-0.4, -0.2) is 16.1 Å². The topological polar surface area (TPSA) is 74.0 Å². The summed E-state index contributed by atoms with van der Waals surface area (Å²) in [7, 11) is 0. The minimum atomic E-state index is -2.90. The van der Waals surface area contributed by atoms with Gasteiger partial charge in [-0.2, -0.15) is 5.26 Å². The summed E-state index contributed by atoms with van der Waals surface area (Å²) in [6.45, 7) is 0. The summed E-state index contributed by atoms with van der Waals surface area (Å²) in [5.74, 6) is -1.47. The minimum absolute atomic E-state index is 0.0249. The van der Waals surface area contributed by atoms with Crippen LogP contribution in [0.3, 0.4) is 0 Å². The fourth-order valence-corrected chi connectivity index (χ4v) is 1.67. The highest BCUT2D eigenvalue weighted by molar-refractivity contribution is 6.17. The smallest absolute Gasteiger partial charge is 0.307 e. The quantitative estimate of drug-likeness (QED) is 0.843. The second-order valence-electron chi connectivity index (χ2n) is 3.15. The van der Waals surface area contributed by atoms with Gasteiger partial charge in [-0.1, -0.05) is 0 Å². The van der Waals surface area contributed by atoms with Crippen molar-refractivity contribution in [2.24, 2.45) is 0 Å². The molecule has 0 aliphatic rings. The van der Waals surface area contributed by atoms with Crippen LogP contribution in [-0.2, 0) is 17.1 Å². The number of nitriles is 1. The van der Waals surface area contributed by atoms with Gasteiger partial charge in [0.25, 0.3) is 6.43 Å². The van der Waals surface area contributed by atoms with E-state index in [1.165, 1.54) is 0 Å². The molecule has 0 saturated carbocycles. The average molecular weight is 261 g/mol. The Hall–Kier alpha value is -1.74. The number of hydrogen-bond donors (Lipinski definition) is 1. The molecule has 0 aromatic carbocycles. The van der Waals surface area contributed by atoms with E-state index in [1.54, 1.807) is 6.07 Å². The number of aromatic nitrogens is 1. The number of hydrogen-bond acceptors (Lipinski definition) is 3.